The van der Waals surface area contributed by atoms with Crippen LogP contribution in [0, 0.1) is 6.92 Å². The van der Waals surface area contributed by atoms with E-state index in [4.69, 9.17) is 11.5 Å². The lowest BCUT2D eigenvalue weighted by atomic mass is 9.97. The van der Waals surface area contributed by atoms with Gasteiger partial charge >= 0.3 is 0 Å². The van der Waals surface area contributed by atoms with Crippen LogP contribution >= 0.6 is 11.3 Å². The Morgan fingerprint density at radius 1 is 1.21 bits per heavy atom. The van der Waals surface area contributed by atoms with Gasteiger partial charge in [-0.05, 0) is 24.0 Å². The first-order valence-electron chi connectivity index (χ1n) is 6.20. The van der Waals surface area contributed by atoms with Crippen molar-refractivity contribution in [3.05, 3.63) is 40.3 Å². The Morgan fingerprint density at radius 3 is 2.26 bits per heavy atom. The summed E-state index contributed by atoms with van der Waals surface area (Å²) in [5, 5.41) is 0.493. The second kappa shape index (κ2) is 5.05. The van der Waals surface area contributed by atoms with Crippen LogP contribution in [0.5, 0.6) is 0 Å². The number of anilines is 1. The number of aryl methyl sites for hydroxylation is 1. The lowest BCUT2D eigenvalue weighted by molar-refractivity contribution is 0.100. The van der Waals surface area contributed by atoms with Gasteiger partial charge in [0.15, 0.2) is 0 Å². The molecule has 4 N–H and O–H groups in total. The summed E-state index contributed by atoms with van der Waals surface area (Å²) in [5.74, 6) is 0.0167. The van der Waals surface area contributed by atoms with Crippen molar-refractivity contribution >= 4 is 22.2 Å². The molecular weight excluding hydrogens is 256 g/mol. The van der Waals surface area contributed by atoms with Gasteiger partial charge in [-0.3, -0.25) is 4.79 Å². The van der Waals surface area contributed by atoms with Gasteiger partial charge in [0.25, 0.3) is 5.91 Å². The lowest BCUT2D eigenvalue weighted by Gasteiger charge is -2.08. The number of carbonyl (C=O) groups excluding carboxylic acids is 1. The van der Waals surface area contributed by atoms with E-state index in [1.165, 1.54) is 16.9 Å². The molecule has 3 nitrogen and oxygen atoms in total. The number of primary amides is 1. The van der Waals surface area contributed by atoms with E-state index in [0.29, 0.717) is 16.5 Å². The quantitative estimate of drug-likeness (QED) is 0.899. The summed E-state index contributed by atoms with van der Waals surface area (Å²) in [6.07, 6.45) is 0. The van der Waals surface area contributed by atoms with Gasteiger partial charge in [-0.1, -0.05) is 38.1 Å². The standard InChI is InChI=1S/C15H18N2OS/c1-8(2)10-4-6-11(7-5-10)12-9(3)19-15(17)13(12)14(16)18/h4-8H,17H2,1-3H3,(H2,16,18). The van der Waals surface area contributed by atoms with Crippen molar-refractivity contribution < 1.29 is 4.79 Å². The molecule has 2 rings (SSSR count). The van der Waals surface area contributed by atoms with E-state index < -0.39 is 5.91 Å². The third-order valence-electron chi connectivity index (χ3n) is 3.22. The van der Waals surface area contributed by atoms with Gasteiger partial charge in [-0.25, -0.2) is 0 Å². The molecule has 0 aliphatic heterocycles. The highest BCUT2D eigenvalue weighted by molar-refractivity contribution is 7.16. The molecule has 1 aromatic heterocycles. The number of hydrogen-bond acceptors (Lipinski definition) is 3. The van der Waals surface area contributed by atoms with Crippen LogP contribution in [0.3, 0.4) is 0 Å². The third-order valence-corrected chi connectivity index (χ3v) is 4.16. The smallest absolute Gasteiger partial charge is 0.252 e. The molecule has 2 aromatic rings. The monoisotopic (exact) mass is 274 g/mol. The van der Waals surface area contributed by atoms with Crippen molar-refractivity contribution in [2.45, 2.75) is 26.7 Å². The Bertz CT molecular complexity index is 612. The van der Waals surface area contributed by atoms with E-state index in [9.17, 15) is 4.79 Å². The SMILES string of the molecule is Cc1sc(N)c(C(N)=O)c1-c1ccc(C(C)C)cc1. The molecule has 0 aliphatic rings. The molecule has 0 saturated heterocycles. The van der Waals surface area contributed by atoms with Crippen LogP contribution in [0.4, 0.5) is 5.00 Å². The first kappa shape index (κ1) is 13.6. The molecule has 0 atom stereocenters. The van der Waals surface area contributed by atoms with Gasteiger partial charge in [0.2, 0.25) is 0 Å². The predicted octanol–water partition coefficient (Wildman–Crippen LogP) is 3.53. The summed E-state index contributed by atoms with van der Waals surface area (Å²) >= 11 is 1.41. The minimum absolute atomic E-state index is 0.444. The van der Waals surface area contributed by atoms with Gasteiger partial charge in [0.1, 0.15) is 0 Å². The molecule has 0 radical (unpaired) electrons. The Balaban J connectivity index is 2.55. The highest BCUT2D eigenvalue weighted by atomic mass is 32.1. The summed E-state index contributed by atoms with van der Waals surface area (Å²) < 4.78 is 0. The molecule has 0 bridgehead atoms. The van der Waals surface area contributed by atoms with E-state index in [0.717, 1.165) is 16.0 Å². The van der Waals surface area contributed by atoms with Crippen LogP contribution in [0.1, 0.15) is 40.6 Å². The van der Waals surface area contributed by atoms with Crippen molar-refractivity contribution in [3.8, 4) is 11.1 Å². The van der Waals surface area contributed by atoms with Crippen molar-refractivity contribution in [2.24, 2.45) is 5.73 Å². The zero-order valence-corrected chi connectivity index (χ0v) is 12.2. The van der Waals surface area contributed by atoms with Crippen LogP contribution in [-0.2, 0) is 0 Å². The van der Waals surface area contributed by atoms with Gasteiger partial charge in [0.05, 0.1) is 10.6 Å². The van der Waals surface area contributed by atoms with Gasteiger partial charge < -0.3 is 11.5 Å². The fourth-order valence-corrected chi connectivity index (χ4v) is 3.15. The second-order valence-corrected chi connectivity index (χ2v) is 6.17. The highest BCUT2D eigenvalue weighted by Crippen LogP contribution is 2.38. The molecule has 0 spiro atoms. The maximum atomic E-state index is 11.6. The molecule has 0 fully saturated rings. The van der Waals surface area contributed by atoms with Gasteiger partial charge in [-0.15, -0.1) is 11.3 Å². The van der Waals surface area contributed by atoms with Crippen molar-refractivity contribution in [1.82, 2.24) is 0 Å². The maximum Gasteiger partial charge on any atom is 0.252 e. The summed E-state index contributed by atoms with van der Waals surface area (Å²) in [5.41, 5.74) is 14.9. The van der Waals surface area contributed by atoms with Crippen LogP contribution in [0.2, 0.25) is 0 Å². The molecule has 0 aliphatic carbocycles. The van der Waals surface area contributed by atoms with E-state index >= 15 is 0 Å². The van der Waals surface area contributed by atoms with Crippen molar-refractivity contribution in [2.75, 3.05) is 5.73 Å². The topological polar surface area (TPSA) is 69.1 Å². The van der Waals surface area contributed by atoms with E-state index in [1.807, 2.05) is 19.1 Å². The first-order valence-corrected chi connectivity index (χ1v) is 7.02. The summed E-state index contributed by atoms with van der Waals surface area (Å²) in [7, 11) is 0. The molecule has 4 heteroatoms. The summed E-state index contributed by atoms with van der Waals surface area (Å²) in [6, 6.07) is 8.21. The Kier molecular flexibility index (Phi) is 3.62. The van der Waals surface area contributed by atoms with Gasteiger partial charge in [-0.2, -0.15) is 0 Å². The Hall–Kier alpha value is -1.81. The minimum Gasteiger partial charge on any atom is -0.390 e. The van der Waals surface area contributed by atoms with Crippen LogP contribution in [0.15, 0.2) is 24.3 Å². The molecule has 1 amide bonds. The molecule has 1 aromatic carbocycles. The van der Waals surface area contributed by atoms with Crippen molar-refractivity contribution in [3.63, 3.8) is 0 Å². The van der Waals surface area contributed by atoms with E-state index in [-0.39, 0.29) is 0 Å². The van der Waals surface area contributed by atoms with Crippen LogP contribution in [-0.4, -0.2) is 5.91 Å². The third kappa shape index (κ3) is 2.49. The number of rotatable bonds is 3. The zero-order chi connectivity index (χ0) is 14.2. The highest BCUT2D eigenvalue weighted by Gasteiger charge is 2.19. The zero-order valence-electron chi connectivity index (χ0n) is 11.4. The number of nitrogen functional groups attached to an aromatic ring is 1. The molecule has 100 valence electrons. The number of hydrogen-bond donors (Lipinski definition) is 2. The molecule has 1 heterocycles. The molecule has 0 unspecified atom stereocenters. The maximum absolute atomic E-state index is 11.6. The van der Waals surface area contributed by atoms with E-state index in [2.05, 4.69) is 26.0 Å². The number of carbonyl (C=O) groups is 1. The molecule has 19 heavy (non-hydrogen) atoms. The predicted molar refractivity (Wildman–Crippen MR) is 81.5 cm³/mol. The number of nitrogens with two attached hydrogens (primary N) is 2. The largest absolute Gasteiger partial charge is 0.390 e. The lowest BCUT2D eigenvalue weighted by Crippen LogP contribution is -2.13. The fraction of sp³-hybridized carbons (Fsp3) is 0.267. The summed E-state index contributed by atoms with van der Waals surface area (Å²) in [6.45, 7) is 6.26. The number of thiophene rings is 1. The van der Waals surface area contributed by atoms with Crippen molar-refractivity contribution in [1.29, 1.82) is 0 Å². The number of amides is 1. The Morgan fingerprint density at radius 2 is 1.79 bits per heavy atom. The Labute approximate surface area is 117 Å². The van der Waals surface area contributed by atoms with Crippen LogP contribution in [0.25, 0.3) is 11.1 Å². The normalized spacial score (nSPS) is 10.9. The van der Waals surface area contributed by atoms with Gasteiger partial charge in [0, 0.05) is 10.4 Å². The van der Waals surface area contributed by atoms with Crippen LogP contribution < -0.4 is 11.5 Å². The minimum atomic E-state index is -0.468. The summed E-state index contributed by atoms with van der Waals surface area (Å²) in [4.78, 5) is 12.6. The average Bonchev–Trinajstić information content (AvgIpc) is 2.64. The molecular formula is C15H18N2OS. The fourth-order valence-electron chi connectivity index (χ4n) is 2.19. The number of benzene rings is 1. The first-order chi connectivity index (χ1) is 8.91. The average molecular weight is 274 g/mol. The second-order valence-electron chi connectivity index (χ2n) is 4.91. The molecule has 0 saturated carbocycles. The van der Waals surface area contributed by atoms with E-state index in [1.54, 1.807) is 0 Å².